The molecule has 2 nitrogen and oxygen atoms in total. The van der Waals surface area contributed by atoms with Gasteiger partial charge in [0, 0.05) is 17.0 Å². The van der Waals surface area contributed by atoms with Gasteiger partial charge in [-0.3, -0.25) is 0 Å². The van der Waals surface area contributed by atoms with Crippen LogP contribution in [0.2, 0.25) is 0 Å². The van der Waals surface area contributed by atoms with Gasteiger partial charge in [0.25, 0.3) is 0 Å². The zero-order valence-corrected chi connectivity index (χ0v) is 12.5. The van der Waals surface area contributed by atoms with Gasteiger partial charge in [-0.05, 0) is 47.1 Å². The van der Waals surface area contributed by atoms with Crippen LogP contribution >= 0.6 is 0 Å². The molecule has 0 saturated carbocycles. The van der Waals surface area contributed by atoms with Crippen molar-refractivity contribution in [3.63, 3.8) is 0 Å². The predicted octanol–water partition coefficient (Wildman–Crippen LogP) is 3.59. The van der Waals surface area contributed by atoms with Crippen molar-refractivity contribution in [2.24, 2.45) is 11.7 Å². The molecule has 1 saturated heterocycles. The number of nitrogens with two attached hydrogens (primary N) is 1. The van der Waals surface area contributed by atoms with Crippen LogP contribution < -0.4 is 5.73 Å². The largest absolute Gasteiger partial charge is 0.369 e. The minimum absolute atomic E-state index is 0.0619. The molecule has 1 aromatic carbocycles. The van der Waals surface area contributed by atoms with E-state index in [4.69, 9.17) is 10.5 Å². The van der Waals surface area contributed by atoms with Gasteiger partial charge < -0.3 is 10.5 Å². The van der Waals surface area contributed by atoms with E-state index >= 15 is 0 Å². The first-order chi connectivity index (χ1) is 8.56. The lowest BCUT2D eigenvalue weighted by molar-refractivity contribution is -0.0815. The Bertz CT molecular complexity index is 479. The molecule has 0 aromatic heterocycles. The molecule has 0 radical (unpaired) electrons. The summed E-state index contributed by atoms with van der Waals surface area (Å²) in [4.78, 5) is 0. The minimum Gasteiger partial charge on any atom is -0.369 e. The summed E-state index contributed by atoms with van der Waals surface area (Å²) in [5, 5.41) is 0. The van der Waals surface area contributed by atoms with Crippen molar-refractivity contribution in [3.05, 3.63) is 35.6 Å². The predicted molar refractivity (Wildman–Crippen MR) is 75.3 cm³/mol. The van der Waals surface area contributed by atoms with E-state index in [1.165, 1.54) is 6.07 Å². The molecular formula is C16H24FNO. The number of rotatable bonds is 2. The van der Waals surface area contributed by atoms with Gasteiger partial charge in [-0.1, -0.05) is 18.2 Å². The van der Waals surface area contributed by atoms with Crippen LogP contribution in [0.1, 0.15) is 46.6 Å². The number of benzene rings is 1. The fraction of sp³-hybridized carbons (Fsp3) is 0.625. The van der Waals surface area contributed by atoms with Gasteiger partial charge in [-0.25, -0.2) is 4.39 Å². The maximum Gasteiger partial charge on any atom is 0.128 e. The van der Waals surface area contributed by atoms with Crippen LogP contribution in [0.3, 0.4) is 0 Å². The van der Waals surface area contributed by atoms with E-state index in [2.05, 4.69) is 13.8 Å². The van der Waals surface area contributed by atoms with Crippen LogP contribution in [0.4, 0.5) is 4.39 Å². The molecule has 2 unspecified atom stereocenters. The highest BCUT2D eigenvalue weighted by molar-refractivity contribution is 5.28. The Morgan fingerprint density at radius 3 is 2.32 bits per heavy atom. The van der Waals surface area contributed by atoms with Crippen molar-refractivity contribution in [3.8, 4) is 0 Å². The smallest absolute Gasteiger partial charge is 0.128 e. The first-order valence-electron chi connectivity index (χ1n) is 6.80. The molecule has 3 heteroatoms. The molecule has 2 atom stereocenters. The molecule has 0 amide bonds. The van der Waals surface area contributed by atoms with Gasteiger partial charge in [0.15, 0.2) is 0 Å². The third-order valence-electron chi connectivity index (χ3n) is 4.25. The van der Waals surface area contributed by atoms with E-state index in [9.17, 15) is 4.39 Å². The highest BCUT2D eigenvalue weighted by Gasteiger charge is 2.53. The summed E-state index contributed by atoms with van der Waals surface area (Å²) in [6, 6.07) is 6.76. The minimum atomic E-state index is -0.747. The van der Waals surface area contributed by atoms with E-state index in [1.54, 1.807) is 12.1 Å². The summed E-state index contributed by atoms with van der Waals surface area (Å²) < 4.78 is 20.2. The second-order valence-corrected chi connectivity index (χ2v) is 6.98. The molecular weight excluding hydrogens is 241 g/mol. The Hall–Kier alpha value is -0.930. The van der Waals surface area contributed by atoms with Gasteiger partial charge >= 0.3 is 0 Å². The van der Waals surface area contributed by atoms with Crippen LogP contribution in [-0.4, -0.2) is 11.2 Å². The quantitative estimate of drug-likeness (QED) is 0.887. The summed E-state index contributed by atoms with van der Waals surface area (Å²) in [5.74, 6) is -0.181. The van der Waals surface area contributed by atoms with Crippen molar-refractivity contribution in [1.29, 1.82) is 0 Å². The van der Waals surface area contributed by atoms with E-state index in [0.29, 0.717) is 5.56 Å². The molecule has 106 valence electrons. The molecule has 19 heavy (non-hydrogen) atoms. The van der Waals surface area contributed by atoms with Gasteiger partial charge in [0.1, 0.15) is 5.82 Å². The zero-order valence-electron chi connectivity index (χ0n) is 12.5. The monoisotopic (exact) mass is 265 g/mol. The molecule has 1 fully saturated rings. The van der Waals surface area contributed by atoms with Crippen molar-refractivity contribution < 1.29 is 9.13 Å². The molecule has 0 bridgehead atoms. The summed E-state index contributed by atoms with van der Waals surface area (Å²) in [6.07, 6.45) is 0.821. The highest BCUT2D eigenvalue weighted by Crippen LogP contribution is 2.49. The standard InChI is InChI=1S/C16H24FNO/c1-14(2)10-13(15(3,4)19-14)16(5,18)11-8-6-7-9-12(11)17/h6-9,13H,10,18H2,1-5H3. The maximum atomic E-state index is 14.1. The topological polar surface area (TPSA) is 35.2 Å². The molecule has 1 heterocycles. The average Bonchev–Trinajstić information content (AvgIpc) is 2.47. The number of ether oxygens (including phenoxy) is 1. The lowest BCUT2D eigenvalue weighted by atomic mass is 9.70. The van der Waals surface area contributed by atoms with E-state index in [-0.39, 0.29) is 22.9 Å². The molecule has 2 N–H and O–H groups in total. The lowest BCUT2D eigenvalue weighted by Gasteiger charge is -2.39. The Morgan fingerprint density at radius 1 is 1.26 bits per heavy atom. The fourth-order valence-electron chi connectivity index (χ4n) is 3.58. The van der Waals surface area contributed by atoms with Crippen LogP contribution in [0.5, 0.6) is 0 Å². The Balaban J connectivity index is 2.43. The number of hydrogen-bond acceptors (Lipinski definition) is 2. The number of hydrogen-bond donors (Lipinski definition) is 1. The molecule has 1 aliphatic heterocycles. The fourth-order valence-corrected chi connectivity index (χ4v) is 3.58. The summed E-state index contributed by atoms with van der Waals surface area (Å²) in [5.41, 5.74) is 5.75. The normalized spacial score (nSPS) is 28.1. The first-order valence-corrected chi connectivity index (χ1v) is 6.80. The van der Waals surface area contributed by atoms with Gasteiger partial charge in [0.05, 0.1) is 11.2 Å². The zero-order chi connectivity index (χ0) is 14.5. The van der Waals surface area contributed by atoms with Crippen LogP contribution in [0.15, 0.2) is 24.3 Å². The van der Waals surface area contributed by atoms with Crippen molar-refractivity contribution in [2.75, 3.05) is 0 Å². The van der Waals surface area contributed by atoms with Crippen molar-refractivity contribution in [1.82, 2.24) is 0 Å². The second-order valence-electron chi connectivity index (χ2n) is 6.98. The molecule has 0 aliphatic carbocycles. The lowest BCUT2D eigenvalue weighted by Crippen LogP contribution is -2.49. The highest BCUT2D eigenvalue weighted by atomic mass is 19.1. The van der Waals surface area contributed by atoms with Crippen molar-refractivity contribution in [2.45, 2.75) is 57.8 Å². The molecule has 2 rings (SSSR count). The first kappa shape index (κ1) is 14.5. The maximum absolute atomic E-state index is 14.1. The second kappa shape index (κ2) is 4.29. The van der Waals surface area contributed by atoms with E-state index in [0.717, 1.165) is 6.42 Å². The van der Waals surface area contributed by atoms with Crippen LogP contribution in [0, 0.1) is 11.7 Å². The molecule has 1 aliphatic rings. The number of halogens is 1. The van der Waals surface area contributed by atoms with Crippen molar-refractivity contribution >= 4 is 0 Å². The summed E-state index contributed by atoms with van der Waals surface area (Å²) >= 11 is 0. The third kappa shape index (κ3) is 2.54. The van der Waals surface area contributed by atoms with Gasteiger partial charge in [-0.2, -0.15) is 0 Å². The third-order valence-corrected chi connectivity index (χ3v) is 4.25. The van der Waals surface area contributed by atoms with Gasteiger partial charge in [0.2, 0.25) is 0 Å². The molecule has 0 spiro atoms. The summed E-state index contributed by atoms with van der Waals surface area (Å²) in [6.45, 7) is 10.1. The Kier molecular flexibility index (Phi) is 3.27. The summed E-state index contributed by atoms with van der Waals surface area (Å²) in [7, 11) is 0. The molecule has 1 aromatic rings. The van der Waals surface area contributed by atoms with Gasteiger partial charge in [-0.15, -0.1) is 0 Å². The Morgan fingerprint density at radius 2 is 1.84 bits per heavy atom. The SMILES string of the molecule is CC1(C)CC(C(C)(N)c2ccccc2F)C(C)(C)O1. The van der Waals surface area contributed by atoms with E-state index in [1.807, 2.05) is 26.8 Å². The average molecular weight is 265 g/mol. The van der Waals surface area contributed by atoms with Crippen LogP contribution in [0.25, 0.3) is 0 Å². The Labute approximate surface area is 115 Å². The van der Waals surface area contributed by atoms with E-state index < -0.39 is 5.54 Å². The van der Waals surface area contributed by atoms with Crippen LogP contribution in [-0.2, 0) is 10.3 Å².